The van der Waals surface area contributed by atoms with Gasteiger partial charge in [-0.3, -0.25) is 19.3 Å². The Morgan fingerprint density at radius 1 is 1.20 bits per heavy atom. The van der Waals surface area contributed by atoms with Crippen molar-refractivity contribution in [2.75, 3.05) is 23.3 Å². The predicted octanol–water partition coefficient (Wildman–Crippen LogP) is 5.75. The number of nitrogens with zero attached hydrogens (tertiary/aromatic N) is 2. The zero-order valence-electron chi connectivity index (χ0n) is 20.0. The van der Waals surface area contributed by atoms with Crippen LogP contribution < -0.4 is 10.2 Å². The summed E-state index contributed by atoms with van der Waals surface area (Å²) in [5, 5.41) is 1.71. The van der Waals surface area contributed by atoms with Crippen LogP contribution in [0.15, 0.2) is 41.3 Å². The average Bonchev–Trinajstić information content (AvgIpc) is 3.03. The van der Waals surface area contributed by atoms with E-state index in [1.54, 1.807) is 12.1 Å². The Bertz CT molecular complexity index is 1240. The van der Waals surface area contributed by atoms with Crippen LogP contribution in [0, 0.1) is 11.6 Å². The number of benzene rings is 2. The van der Waals surface area contributed by atoms with Crippen molar-refractivity contribution in [1.29, 1.82) is 0 Å². The Labute approximate surface area is 207 Å². The number of carbonyl (C=O) groups is 3. The molecule has 1 saturated heterocycles. The molecule has 2 heterocycles. The number of imide groups is 1. The maximum Gasteiger partial charge on any atom is 0.294 e. The van der Waals surface area contributed by atoms with Crippen molar-refractivity contribution in [2.24, 2.45) is 0 Å². The number of nitrogens with one attached hydrogen (secondary N) is 1. The number of hydrogen-bond acceptors (Lipinski definition) is 5. The average molecular weight is 500 g/mol. The van der Waals surface area contributed by atoms with Gasteiger partial charge in [0.15, 0.2) is 0 Å². The summed E-state index contributed by atoms with van der Waals surface area (Å²) in [5.74, 6) is -2.33. The molecule has 184 valence electrons. The maximum atomic E-state index is 15.1. The van der Waals surface area contributed by atoms with E-state index in [-0.39, 0.29) is 27.6 Å². The molecule has 0 spiro atoms. The summed E-state index contributed by atoms with van der Waals surface area (Å²) in [7, 11) is 0. The van der Waals surface area contributed by atoms with Crippen LogP contribution in [0.5, 0.6) is 0 Å². The monoisotopic (exact) mass is 499 g/mol. The molecule has 0 saturated carbocycles. The predicted molar refractivity (Wildman–Crippen MR) is 134 cm³/mol. The smallest absolute Gasteiger partial charge is 0.294 e. The van der Waals surface area contributed by atoms with Gasteiger partial charge in [-0.15, -0.1) is 0 Å². The highest BCUT2D eigenvalue weighted by Gasteiger charge is 2.38. The van der Waals surface area contributed by atoms with Crippen LogP contribution in [0.1, 0.15) is 51.2 Å². The number of amides is 3. The third-order valence-corrected chi connectivity index (χ3v) is 7.34. The second-order valence-electron chi connectivity index (χ2n) is 9.39. The third kappa shape index (κ3) is 4.82. The van der Waals surface area contributed by atoms with Crippen LogP contribution in [0.25, 0.3) is 6.08 Å². The Morgan fingerprint density at radius 2 is 1.91 bits per heavy atom. The number of para-hydroxylation sites is 1. The maximum absolute atomic E-state index is 15.1. The van der Waals surface area contributed by atoms with Crippen LogP contribution in [0.4, 0.5) is 25.0 Å². The van der Waals surface area contributed by atoms with Crippen molar-refractivity contribution in [3.8, 4) is 0 Å². The van der Waals surface area contributed by atoms with E-state index in [1.165, 1.54) is 30.3 Å². The third-order valence-electron chi connectivity index (χ3n) is 6.43. The molecule has 1 N–H and O–H groups in total. The molecule has 2 aliphatic rings. The number of hydrogen-bond donors (Lipinski definition) is 1. The molecule has 4 rings (SSSR count). The molecule has 1 fully saturated rings. The van der Waals surface area contributed by atoms with Crippen molar-refractivity contribution in [3.05, 3.63) is 64.1 Å². The minimum absolute atomic E-state index is 0.0312. The van der Waals surface area contributed by atoms with Crippen molar-refractivity contribution in [1.82, 2.24) is 4.90 Å². The van der Waals surface area contributed by atoms with Gasteiger partial charge in [-0.05, 0) is 80.8 Å². The van der Waals surface area contributed by atoms with Gasteiger partial charge in [-0.2, -0.15) is 0 Å². The minimum Gasteiger partial charge on any atom is -0.366 e. The molecule has 6 nitrogen and oxygen atoms in total. The minimum atomic E-state index is -0.713. The molecule has 0 bridgehead atoms. The van der Waals surface area contributed by atoms with Crippen molar-refractivity contribution < 1.29 is 23.2 Å². The SMILES string of the molecule is CCN1c2cc(F)c(/C=C3/SC(=O)N(CC(=O)Nc4ccccc4F)C3=O)cc2C(C)CC1(C)C. The van der Waals surface area contributed by atoms with E-state index in [4.69, 9.17) is 0 Å². The van der Waals surface area contributed by atoms with E-state index >= 15 is 4.39 Å². The highest BCUT2D eigenvalue weighted by atomic mass is 32.2. The van der Waals surface area contributed by atoms with Gasteiger partial charge < -0.3 is 10.2 Å². The Balaban J connectivity index is 1.56. The Morgan fingerprint density at radius 3 is 2.60 bits per heavy atom. The fourth-order valence-electron chi connectivity index (χ4n) is 4.90. The quantitative estimate of drug-likeness (QED) is 0.531. The van der Waals surface area contributed by atoms with E-state index in [9.17, 15) is 18.8 Å². The fourth-order valence-corrected chi connectivity index (χ4v) is 5.73. The van der Waals surface area contributed by atoms with Gasteiger partial charge in [0, 0.05) is 23.3 Å². The number of anilines is 2. The molecule has 35 heavy (non-hydrogen) atoms. The van der Waals surface area contributed by atoms with Gasteiger partial charge in [-0.25, -0.2) is 8.78 Å². The lowest BCUT2D eigenvalue weighted by Crippen LogP contribution is -2.48. The number of rotatable bonds is 5. The molecule has 0 radical (unpaired) electrons. The van der Waals surface area contributed by atoms with Gasteiger partial charge in [0.2, 0.25) is 5.91 Å². The van der Waals surface area contributed by atoms with Crippen LogP contribution in [-0.4, -0.2) is 40.6 Å². The highest BCUT2D eigenvalue weighted by Crippen LogP contribution is 2.44. The molecule has 1 atom stereocenters. The molecular weight excluding hydrogens is 472 g/mol. The lowest BCUT2D eigenvalue weighted by atomic mass is 9.79. The summed E-state index contributed by atoms with van der Waals surface area (Å²) >= 11 is 0.647. The van der Waals surface area contributed by atoms with Gasteiger partial charge in [0.05, 0.1) is 10.6 Å². The Kier molecular flexibility index (Phi) is 6.73. The van der Waals surface area contributed by atoms with E-state index in [0.717, 1.165) is 29.1 Å². The van der Waals surface area contributed by atoms with Gasteiger partial charge >= 0.3 is 0 Å². The molecule has 2 aromatic carbocycles. The van der Waals surface area contributed by atoms with Gasteiger partial charge in [-0.1, -0.05) is 19.1 Å². The van der Waals surface area contributed by atoms with E-state index in [1.807, 2.05) is 6.92 Å². The Hall–Kier alpha value is -3.20. The summed E-state index contributed by atoms with van der Waals surface area (Å²) in [6.45, 7) is 8.57. The molecule has 9 heteroatoms. The summed E-state index contributed by atoms with van der Waals surface area (Å²) in [6, 6.07) is 8.83. The molecule has 3 amide bonds. The van der Waals surface area contributed by atoms with E-state index < -0.39 is 35.2 Å². The molecule has 0 aromatic heterocycles. The molecule has 0 aliphatic carbocycles. The molecule has 2 aliphatic heterocycles. The van der Waals surface area contributed by atoms with Crippen molar-refractivity contribution in [3.63, 3.8) is 0 Å². The standard InChI is InChI=1S/C26H27F2N3O3S/c1-5-31-21-12-19(28)16(10-17(21)15(2)13-26(31,3)4)11-22-24(33)30(25(34)35-22)14-23(32)29-20-9-7-6-8-18(20)27/h6-12,15H,5,13-14H2,1-4H3,(H,29,32)/b22-11+. The topological polar surface area (TPSA) is 69.7 Å². The lowest BCUT2D eigenvalue weighted by molar-refractivity contribution is -0.127. The second kappa shape index (κ2) is 9.45. The van der Waals surface area contributed by atoms with Gasteiger partial charge in [0.25, 0.3) is 11.1 Å². The van der Waals surface area contributed by atoms with E-state index in [0.29, 0.717) is 11.8 Å². The lowest BCUT2D eigenvalue weighted by Gasteiger charge is -2.47. The summed E-state index contributed by atoms with van der Waals surface area (Å²) in [4.78, 5) is 40.6. The summed E-state index contributed by atoms with van der Waals surface area (Å²) < 4.78 is 28.9. The molecular formula is C26H27F2N3O3S. The zero-order valence-corrected chi connectivity index (χ0v) is 20.8. The van der Waals surface area contributed by atoms with Crippen LogP contribution >= 0.6 is 11.8 Å². The normalized spacial score (nSPS) is 20.4. The summed E-state index contributed by atoms with van der Waals surface area (Å²) in [6.07, 6.45) is 2.25. The van der Waals surface area contributed by atoms with Crippen molar-refractivity contribution in [2.45, 2.75) is 45.6 Å². The summed E-state index contributed by atoms with van der Waals surface area (Å²) in [5.41, 5.74) is 1.88. The highest BCUT2D eigenvalue weighted by molar-refractivity contribution is 8.18. The van der Waals surface area contributed by atoms with Crippen molar-refractivity contribution >= 4 is 46.3 Å². The number of carbonyl (C=O) groups excluding carboxylic acids is 3. The van der Waals surface area contributed by atoms with Crippen LogP contribution in [0.2, 0.25) is 0 Å². The number of thioether (sulfide) groups is 1. The second-order valence-corrected chi connectivity index (χ2v) is 10.4. The van der Waals surface area contributed by atoms with E-state index in [2.05, 4.69) is 31.0 Å². The van der Waals surface area contributed by atoms with Gasteiger partial charge in [0.1, 0.15) is 18.2 Å². The molecule has 1 unspecified atom stereocenters. The fraction of sp³-hybridized carbons (Fsp3) is 0.346. The number of halogens is 2. The first-order chi connectivity index (χ1) is 16.5. The first-order valence-electron chi connectivity index (χ1n) is 11.4. The molecule has 2 aromatic rings. The first kappa shape index (κ1) is 24.9. The van der Waals surface area contributed by atoms with Crippen LogP contribution in [0.3, 0.4) is 0 Å². The first-order valence-corrected chi connectivity index (χ1v) is 12.2. The largest absolute Gasteiger partial charge is 0.366 e. The van der Waals surface area contributed by atoms with Crippen LogP contribution in [-0.2, 0) is 9.59 Å². The zero-order chi connectivity index (χ0) is 25.5. The number of fused-ring (bicyclic) bond motifs is 1.